The van der Waals surface area contributed by atoms with Crippen LogP contribution in [0.2, 0.25) is 0 Å². The van der Waals surface area contributed by atoms with Gasteiger partial charge in [0.25, 0.3) is 0 Å². The highest BCUT2D eigenvalue weighted by molar-refractivity contribution is 14.0. The van der Waals surface area contributed by atoms with Gasteiger partial charge in [0.15, 0.2) is 5.96 Å². The molecule has 7 nitrogen and oxygen atoms in total. The Labute approximate surface area is 195 Å². The predicted octanol–water partition coefficient (Wildman–Crippen LogP) is 2.46. The van der Waals surface area contributed by atoms with Gasteiger partial charge >= 0.3 is 0 Å². The van der Waals surface area contributed by atoms with Gasteiger partial charge < -0.3 is 20.3 Å². The maximum absolute atomic E-state index is 12.3. The fourth-order valence-corrected chi connectivity index (χ4v) is 3.40. The third-order valence-corrected chi connectivity index (χ3v) is 5.06. The summed E-state index contributed by atoms with van der Waals surface area (Å²) in [5, 5.41) is 6.61. The molecule has 1 amide bonds. The van der Waals surface area contributed by atoms with Crippen molar-refractivity contribution in [2.24, 2.45) is 10.9 Å². The lowest BCUT2D eigenvalue weighted by atomic mass is 10.1. The van der Waals surface area contributed by atoms with Crippen molar-refractivity contribution in [2.75, 3.05) is 33.8 Å². The maximum Gasteiger partial charge on any atom is 0.223 e. The average Bonchev–Trinajstić information content (AvgIpc) is 3.13. The van der Waals surface area contributed by atoms with Gasteiger partial charge in [0.05, 0.1) is 7.11 Å². The summed E-state index contributed by atoms with van der Waals surface area (Å²) in [6.07, 6.45) is 3.26. The topological polar surface area (TPSA) is 78.9 Å². The van der Waals surface area contributed by atoms with E-state index in [0.29, 0.717) is 31.3 Å². The van der Waals surface area contributed by atoms with Gasteiger partial charge in [0.2, 0.25) is 11.8 Å². The highest BCUT2D eigenvalue weighted by atomic mass is 127. The Bertz CT molecular complexity index is 814. The van der Waals surface area contributed by atoms with E-state index in [9.17, 15) is 4.79 Å². The minimum atomic E-state index is 0. The van der Waals surface area contributed by atoms with Crippen LogP contribution in [0.4, 0.5) is 0 Å². The number of nitrogens with zero attached hydrogens (tertiary/aromatic N) is 3. The van der Waals surface area contributed by atoms with Crippen LogP contribution < -0.4 is 15.4 Å². The number of carbonyl (C=O) groups is 1. The van der Waals surface area contributed by atoms with Crippen LogP contribution in [0.3, 0.4) is 0 Å². The third kappa shape index (κ3) is 7.16. The van der Waals surface area contributed by atoms with Crippen LogP contribution in [-0.2, 0) is 17.8 Å². The summed E-state index contributed by atoms with van der Waals surface area (Å²) in [5.74, 6) is 1.84. The Kier molecular flexibility index (Phi) is 9.85. The number of carbonyl (C=O) groups excluding carboxylic acids is 1. The van der Waals surface area contributed by atoms with Gasteiger partial charge in [-0.25, -0.2) is 4.98 Å². The first-order valence-electron chi connectivity index (χ1n) is 9.93. The number of hydrogen-bond acceptors (Lipinski definition) is 4. The number of methoxy groups -OCH3 is 1. The first-order chi connectivity index (χ1) is 14.2. The van der Waals surface area contributed by atoms with E-state index in [-0.39, 0.29) is 29.9 Å². The van der Waals surface area contributed by atoms with Gasteiger partial charge in [-0.3, -0.25) is 9.79 Å². The van der Waals surface area contributed by atoms with Crippen LogP contribution in [0.15, 0.2) is 53.7 Å². The molecule has 1 aliphatic heterocycles. The molecule has 8 heteroatoms. The molecule has 2 N–H and O–H groups in total. The Hall–Kier alpha value is -2.36. The van der Waals surface area contributed by atoms with Crippen LogP contribution >= 0.6 is 24.0 Å². The van der Waals surface area contributed by atoms with Gasteiger partial charge in [-0.05, 0) is 17.5 Å². The molecule has 30 heavy (non-hydrogen) atoms. The highest BCUT2D eigenvalue weighted by Crippen LogP contribution is 2.17. The Morgan fingerprint density at radius 3 is 2.67 bits per heavy atom. The zero-order valence-electron chi connectivity index (χ0n) is 17.5. The molecule has 0 bridgehead atoms. The summed E-state index contributed by atoms with van der Waals surface area (Å²) in [5.41, 5.74) is 2.30. The van der Waals surface area contributed by atoms with Gasteiger partial charge in [0, 0.05) is 57.8 Å². The van der Waals surface area contributed by atoms with Crippen molar-refractivity contribution in [3.63, 3.8) is 0 Å². The number of aliphatic imine (C=N–C) groups is 1. The normalized spacial score (nSPS) is 16.2. The van der Waals surface area contributed by atoms with Crippen molar-refractivity contribution in [3.8, 4) is 5.88 Å². The zero-order valence-corrected chi connectivity index (χ0v) is 19.8. The van der Waals surface area contributed by atoms with Gasteiger partial charge in [-0.2, -0.15) is 0 Å². The minimum absolute atomic E-state index is 0. The number of ether oxygens (including phenoxy) is 1. The highest BCUT2D eigenvalue weighted by Gasteiger charge is 2.29. The molecule has 162 valence electrons. The average molecular weight is 523 g/mol. The van der Waals surface area contributed by atoms with E-state index in [1.165, 1.54) is 5.56 Å². The van der Waals surface area contributed by atoms with Gasteiger partial charge in [0.1, 0.15) is 0 Å². The molecule has 1 aromatic heterocycles. The molecule has 1 unspecified atom stereocenters. The summed E-state index contributed by atoms with van der Waals surface area (Å²) >= 11 is 0. The van der Waals surface area contributed by atoms with Gasteiger partial charge in [-0.1, -0.05) is 36.4 Å². The van der Waals surface area contributed by atoms with E-state index >= 15 is 0 Å². The van der Waals surface area contributed by atoms with E-state index in [0.717, 1.165) is 31.0 Å². The van der Waals surface area contributed by atoms with Crippen molar-refractivity contribution in [2.45, 2.75) is 19.4 Å². The molecular formula is C22H30IN5O2. The third-order valence-electron chi connectivity index (χ3n) is 5.06. The number of rotatable bonds is 8. The second kappa shape index (κ2) is 12.4. The van der Waals surface area contributed by atoms with Crippen LogP contribution in [0, 0.1) is 5.92 Å². The molecule has 3 rings (SSSR count). The number of guanidine groups is 1. The summed E-state index contributed by atoms with van der Waals surface area (Å²) in [6.45, 7) is 2.90. The molecular weight excluding hydrogens is 493 g/mol. The number of benzene rings is 1. The summed E-state index contributed by atoms with van der Waals surface area (Å²) < 4.78 is 5.07. The molecule has 0 aliphatic carbocycles. The monoisotopic (exact) mass is 523 g/mol. The largest absolute Gasteiger partial charge is 0.481 e. The maximum atomic E-state index is 12.3. The Balaban J connectivity index is 0.00000320. The van der Waals surface area contributed by atoms with E-state index in [2.05, 4.69) is 32.7 Å². The van der Waals surface area contributed by atoms with Crippen molar-refractivity contribution < 1.29 is 9.53 Å². The summed E-state index contributed by atoms with van der Waals surface area (Å²) in [4.78, 5) is 22.8. The van der Waals surface area contributed by atoms with Crippen molar-refractivity contribution in [1.29, 1.82) is 0 Å². The Morgan fingerprint density at radius 1 is 1.20 bits per heavy atom. The molecule has 1 atom stereocenters. The number of hydrogen-bond donors (Lipinski definition) is 2. The molecule has 2 heterocycles. The standard InChI is InChI=1S/C22H29N5O2.HI/c1-23-22(25-14-18-8-9-20(29-2)24-13-18)26-15-19-12-21(28)27(16-19)11-10-17-6-4-3-5-7-17;/h3-9,13,19H,10-12,14-16H2,1-2H3,(H2,23,25,26);1H. The van der Waals surface area contributed by atoms with E-state index in [1.54, 1.807) is 20.4 Å². The molecule has 1 aromatic carbocycles. The molecule has 1 fully saturated rings. The fourth-order valence-electron chi connectivity index (χ4n) is 3.40. The van der Waals surface area contributed by atoms with Crippen molar-refractivity contribution in [1.82, 2.24) is 20.5 Å². The minimum Gasteiger partial charge on any atom is -0.481 e. The SMILES string of the molecule is CN=C(NCc1ccc(OC)nc1)NCC1CC(=O)N(CCc2ccccc2)C1.I. The molecule has 0 radical (unpaired) electrons. The first-order valence-corrected chi connectivity index (χ1v) is 9.93. The Morgan fingerprint density at radius 2 is 2.00 bits per heavy atom. The zero-order chi connectivity index (χ0) is 20.5. The molecule has 0 spiro atoms. The number of amides is 1. The molecule has 0 saturated carbocycles. The lowest BCUT2D eigenvalue weighted by Crippen LogP contribution is -2.40. The van der Waals surface area contributed by atoms with E-state index < -0.39 is 0 Å². The lowest BCUT2D eigenvalue weighted by Gasteiger charge is -2.18. The van der Waals surface area contributed by atoms with Crippen LogP contribution in [0.25, 0.3) is 0 Å². The number of pyridine rings is 1. The summed E-state index contributed by atoms with van der Waals surface area (Å²) in [7, 11) is 3.34. The second-order valence-corrected chi connectivity index (χ2v) is 7.16. The molecule has 2 aromatic rings. The lowest BCUT2D eigenvalue weighted by molar-refractivity contribution is -0.127. The smallest absolute Gasteiger partial charge is 0.223 e. The molecule has 1 saturated heterocycles. The first kappa shape index (κ1) is 23.9. The quantitative estimate of drug-likeness (QED) is 0.316. The second-order valence-electron chi connectivity index (χ2n) is 7.16. The number of halogens is 1. The fraction of sp³-hybridized carbons (Fsp3) is 0.409. The van der Waals surface area contributed by atoms with E-state index in [1.807, 2.05) is 35.2 Å². The number of aromatic nitrogens is 1. The van der Waals surface area contributed by atoms with Crippen LogP contribution in [0.5, 0.6) is 5.88 Å². The van der Waals surface area contributed by atoms with Crippen molar-refractivity contribution in [3.05, 3.63) is 59.8 Å². The van der Waals surface area contributed by atoms with Crippen molar-refractivity contribution >= 4 is 35.8 Å². The number of likely N-dealkylation sites (tertiary alicyclic amines) is 1. The van der Waals surface area contributed by atoms with Crippen LogP contribution in [0.1, 0.15) is 17.5 Å². The van der Waals surface area contributed by atoms with Crippen LogP contribution in [-0.4, -0.2) is 55.5 Å². The number of nitrogens with one attached hydrogen (secondary N) is 2. The summed E-state index contributed by atoms with van der Waals surface area (Å²) in [6, 6.07) is 14.1. The molecule has 1 aliphatic rings. The van der Waals surface area contributed by atoms with E-state index in [4.69, 9.17) is 4.74 Å². The van der Waals surface area contributed by atoms with Gasteiger partial charge in [-0.15, -0.1) is 24.0 Å². The predicted molar refractivity (Wildman–Crippen MR) is 129 cm³/mol.